The monoisotopic (exact) mass is 301 g/mol. The Balaban J connectivity index is 1.69. The van der Waals surface area contributed by atoms with E-state index in [-0.39, 0.29) is 11.9 Å². The van der Waals surface area contributed by atoms with Crippen LogP contribution < -0.4 is 4.74 Å². The third kappa shape index (κ3) is 2.95. The van der Waals surface area contributed by atoms with Gasteiger partial charge in [0.25, 0.3) is 5.91 Å². The molecule has 3 rings (SSSR count). The van der Waals surface area contributed by atoms with Crippen LogP contribution in [0.4, 0.5) is 0 Å². The van der Waals surface area contributed by atoms with Gasteiger partial charge in [-0.25, -0.2) is 0 Å². The van der Waals surface area contributed by atoms with Gasteiger partial charge in [0.1, 0.15) is 5.75 Å². The second-order valence-electron chi connectivity index (χ2n) is 5.64. The summed E-state index contributed by atoms with van der Waals surface area (Å²) in [6, 6.07) is 7.54. The number of aromatic nitrogens is 2. The summed E-state index contributed by atoms with van der Waals surface area (Å²) in [7, 11) is 0. The summed E-state index contributed by atoms with van der Waals surface area (Å²) in [6.45, 7) is 4.87. The van der Waals surface area contributed by atoms with E-state index in [0.29, 0.717) is 11.6 Å². The molecule has 0 bridgehead atoms. The maximum atomic E-state index is 12.4. The van der Waals surface area contributed by atoms with Gasteiger partial charge in [-0.3, -0.25) is 4.79 Å². The topological polar surface area (TPSA) is 68.5 Å². The van der Waals surface area contributed by atoms with Crippen LogP contribution in [-0.2, 0) is 4.79 Å². The molecule has 116 valence electrons. The van der Waals surface area contributed by atoms with Gasteiger partial charge in [-0.1, -0.05) is 0 Å². The third-order valence-corrected chi connectivity index (χ3v) is 3.79. The number of hydrogen-bond donors (Lipinski definition) is 0. The summed E-state index contributed by atoms with van der Waals surface area (Å²) >= 11 is 0. The SMILES string of the molecule is CC(C)N1CCCC(Oc2ccc(-c3nnco3)cc2)C1=O. The van der Waals surface area contributed by atoms with Gasteiger partial charge < -0.3 is 14.1 Å². The quantitative estimate of drug-likeness (QED) is 0.868. The minimum atomic E-state index is -0.398. The van der Waals surface area contributed by atoms with Gasteiger partial charge in [0, 0.05) is 18.2 Å². The van der Waals surface area contributed by atoms with Crippen molar-refractivity contribution in [1.29, 1.82) is 0 Å². The van der Waals surface area contributed by atoms with Crippen LogP contribution in [0.15, 0.2) is 35.1 Å². The van der Waals surface area contributed by atoms with Crippen LogP contribution in [0.3, 0.4) is 0 Å². The zero-order valence-corrected chi connectivity index (χ0v) is 12.7. The predicted octanol–water partition coefficient (Wildman–Crippen LogP) is 2.51. The molecule has 1 fully saturated rings. The molecule has 0 saturated carbocycles. The van der Waals surface area contributed by atoms with Crippen LogP contribution >= 0.6 is 0 Å². The Morgan fingerprint density at radius 2 is 2.09 bits per heavy atom. The van der Waals surface area contributed by atoms with Crippen molar-refractivity contribution in [2.45, 2.75) is 38.8 Å². The number of piperidine rings is 1. The molecule has 6 nitrogen and oxygen atoms in total. The molecule has 1 atom stereocenters. The Labute approximate surface area is 129 Å². The van der Waals surface area contributed by atoms with Gasteiger partial charge in [-0.05, 0) is 51.0 Å². The number of hydrogen-bond acceptors (Lipinski definition) is 5. The lowest BCUT2D eigenvalue weighted by Gasteiger charge is -2.35. The first-order valence-corrected chi connectivity index (χ1v) is 7.49. The zero-order chi connectivity index (χ0) is 15.5. The fraction of sp³-hybridized carbons (Fsp3) is 0.438. The highest BCUT2D eigenvalue weighted by atomic mass is 16.5. The lowest BCUT2D eigenvalue weighted by atomic mass is 10.1. The molecule has 1 saturated heterocycles. The molecule has 2 aromatic rings. The van der Waals surface area contributed by atoms with E-state index in [9.17, 15) is 4.79 Å². The molecule has 6 heteroatoms. The molecule has 1 amide bonds. The number of benzene rings is 1. The minimum Gasteiger partial charge on any atom is -0.481 e. The smallest absolute Gasteiger partial charge is 0.263 e. The number of ether oxygens (including phenoxy) is 1. The number of carbonyl (C=O) groups excluding carboxylic acids is 1. The molecule has 0 spiro atoms. The molecular weight excluding hydrogens is 282 g/mol. The molecule has 1 aliphatic rings. The van der Waals surface area contributed by atoms with Gasteiger partial charge in [-0.2, -0.15) is 0 Å². The second-order valence-corrected chi connectivity index (χ2v) is 5.64. The summed E-state index contributed by atoms with van der Waals surface area (Å²) in [5, 5.41) is 7.51. The fourth-order valence-corrected chi connectivity index (χ4v) is 2.63. The average molecular weight is 301 g/mol. The Kier molecular flexibility index (Phi) is 4.09. The highest BCUT2D eigenvalue weighted by Gasteiger charge is 2.31. The third-order valence-electron chi connectivity index (χ3n) is 3.79. The van der Waals surface area contributed by atoms with E-state index < -0.39 is 6.10 Å². The van der Waals surface area contributed by atoms with Crippen molar-refractivity contribution in [3.8, 4) is 17.2 Å². The minimum absolute atomic E-state index is 0.0715. The van der Waals surface area contributed by atoms with E-state index in [1.807, 2.05) is 43.0 Å². The molecule has 1 aliphatic heterocycles. The number of carbonyl (C=O) groups is 1. The normalized spacial score (nSPS) is 18.8. The first kappa shape index (κ1) is 14.6. The molecule has 0 radical (unpaired) electrons. The predicted molar refractivity (Wildman–Crippen MR) is 80.2 cm³/mol. The van der Waals surface area contributed by atoms with Crippen molar-refractivity contribution in [2.24, 2.45) is 0 Å². The van der Waals surface area contributed by atoms with Crippen LogP contribution in [0.1, 0.15) is 26.7 Å². The van der Waals surface area contributed by atoms with Crippen LogP contribution in [0.25, 0.3) is 11.5 Å². The number of likely N-dealkylation sites (tertiary alicyclic amines) is 1. The standard InChI is InChI=1S/C16H19N3O3/c1-11(2)19-9-3-4-14(16(19)20)22-13-7-5-12(6-8-13)15-18-17-10-21-15/h5-8,10-11,14H,3-4,9H2,1-2H3. The van der Waals surface area contributed by atoms with Gasteiger partial charge in [0.15, 0.2) is 6.10 Å². The van der Waals surface area contributed by atoms with Crippen molar-refractivity contribution in [3.63, 3.8) is 0 Å². The summed E-state index contributed by atoms with van der Waals surface area (Å²) in [6.07, 6.45) is 2.62. The molecule has 2 heterocycles. The van der Waals surface area contributed by atoms with Crippen molar-refractivity contribution in [1.82, 2.24) is 15.1 Å². The molecular formula is C16H19N3O3. The Morgan fingerprint density at radius 1 is 1.32 bits per heavy atom. The fourth-order valence-electron chi connectivity index (χ4n) is 2.63. The van der Waals surface area contributed by atoms with Crippen LogP contribution in [0.2, 0.25) is 0 Å². The Morgan fingerprint density at radius 3 is 2.73 bits per heavy atom. The lowest BCUT2D eigenvalue weighted by Crippen LogP contribution is -2.49. The van der Waals surface area contributed by atoms with Crippen molar-refractivity contribution < 1.29 is 13.9 Å². The van der Waals surface area contributed by atoms with E-state index >= 15 is 0 Å². The van der Waals surface area contributed by atoms with Crippen molar-refractivity contribution in [3.05, 3.63) is 30.7 Å². The van der Waals surface area contributed by atoms with Gasteiger partial charge in [0.2, 0.25) is 12.3 Å². The Hall–Kier alpha value is -2.37. The molecule has 0 N–H and O–H groups in total. The van der Waals surface area contributed by atoms with Crippen LogP contribution in [-0.4, -0.2) is 39.7 Å². The maximum Gasteiger partial charge on any atom is 0.263 e. The number of amides is 1. The van der Waals surface area contributed by atoms with E-state index in [0.717, 1.165) is 24.9 Å². The van der Waals surface area contributed by atoms with Gasteiger partial charge >= 0.3 is 0 Å². The zero-order valence-electron chi connectivity index (χ0n) is 12.7. The Bertz CT molecular complexity index is 623. The molecule has 0 aliphatic carbocycles. The molecule has 22 heavy (non-hydrogen) atoms. The number of nitrogens with zero attached hydrogens (tertiary/aromatic N) is 3. The van der Waals surface area contributed by atoms with E-state index in [4.69, 9.17) is 9.15 Å². The highest BCUT2D eigenvalue weighted by molar-refractivity contribution is 5.82. The first-order valence-electron chi connectivity index (χ1n) is 7.49. The van der Waals surface area contributed by atoms with E-state index in [1.165, 1.54) is 6.39 Å². The first-order chi connectivity index (χ1) is 10.6. The van der Waals surface area contributed by atoms with Crippen molar-refractivity contribution in [2.75, 3.05) is 6.54 Å². The molecule has 1 aromatic heterocycles. The lowest BCUT2D eigenvalue weighted by molar-refractivity contribution is -0.144. The summed E-state index contributed by atoms with van der Waals surface area (Å²) in [5.41, 5.74) is 0.823. The van der Waals surface area contributed by atoms with E-state index in [2.05, 4.69) is 10.2 Å². The van der Waals surface area contributed by atoms with Crippen LogP contribution in [0.5, 0.6) is 5.75 Å². The largest absolute Gasteiger partial charge is 0.481 e. The summed E-state index contributed by atoms with van der Waals surface area (Å²) in [4.78, 5) is 14.3. The summed E-state index contributed by atoms with van der Waals surface area (Å²) < 4.78 is 11.0. The average Bonchev–Trinajstić information content (AvgIpc) is 3.04. The molecule has 1 unspecified atom stereocenters. The van der Waals surface area contributed by atoms with Crippen molar-refractivity contribution >= 4 is 5.91 Å². The van der Waals surface area contributed by atoms with Crippen LogP contribution in [0, 0.1) is 0 Å². The molecule has 1 aromatic carbocycles. The number of rotatable bonds is 4. The summed E-state index contributed by atoms with van der Waals surface area (Å²) in [5.74, 6) is 1.21. The second kappa shape index (κ2) is 6.17. The van der Waals surface area contributed by atoms with E-state index in [1.54, 1.807) is 0 Å². The van der Waals surface area contributed by atoms with Gasteiger partial charge in [0.05, 0.1) is 0 Å². The highest BCUT2D eigenvalue weighted by Crippen LogP contribution is 2.24. The van der Waals surface area contributed by atoms with Gasteiger partial charge in [-0.15, -0.1) is 10.2 Å². The maximum absolute atomic E-state index is 12.4.